The number of hydrogen-bond donors (Lipinski definition) is 1. The van der Waals surface area contributed by atoms with Gasteiger partial charge in [-0.3, -0.25) is 14.2 Å². The smallest absolute Gasteiger partial charge is 0.267 e. The Balaban J connectivity index is 1.49. The number of fused-ring (bicyclic) bond motifs is 2. The Morgan fingerprint density at radius 1 is 1.30 bits per heavy atom. The number of hydrogen-bond acceptors (Lipinski definition) is 5. The number of thioether (sulfide) groups is 2. The van der Waals surface area contributed by atoms with Crippen molar-refractivity contribution in [2.24, 2.45) is 7.05 Å². The number of carbonyl (C=O) groups excluding carboxylic acids is 1. The number of aromatic nitrogens is 2. The van der Waals surface area contributed by atoms with E-state index < -0.39 is 0 Å². The molecule has 4 rings (SSSR count). The Morgan fingerprint density at radius 3 is 2.93 bits per heavy atom. The molecular formula is C20H19N3O2S2. The predicted octanol–water partition coefficient (Wildman–Crippen LogP) is 3.70. The Bertz CT molecular complexity index is 1090. The maximum Gasteiger partial charge on any atom is 0.267 e. The second-order valence-corrected chi connectivity index (χ2v) is 8.92. The van der Waals surface area contributed by atoms with Gasteiger partial charge >= 0.3 is 0 Å². The highest BCUT2D eigenvalue weighted by Crippen LogP contribution is 2.34. The zero-order chi connectivity index (χ0) is 19.0. The van der Waals surface area contributed by atoms with Crippen molar-refractivity contribution >= 4 is 45.9 Å². The van der Waals surface area contributed by atoms with E-state index >= 15 is 0 Å². The number of nitrogens with one attached hydrogen (secondary N) is 1. The first-order valence-corrected chi connectivity index (χ1v) is 10.6. The fourth-order valence-corrected chi connectivity index (χ4v) is 5.09. The molecule has 1 atom stereocenters. The highest BCUT2D eigenvalue weighted by atomic mass is 32.2. The standard InChI is InChI=1S/C20H19N3O2S2/c1-12-10-16-18(27-12)19(25)23(2)20(22-16)26-11-17(24)21-15-9-5-7-13-6-3-4-8-14(13)15/h3-9,12H,10-11H2,1-2H3,(H,21,24). The molecule has 1 aliphatic heterocycles. The van der Waals surface area contributed by atoms with Gasteiger partial charge in [-0.1, -0.05) is 55.1 Å². The molecule has 0 radical (unpaired) electrons. The first-order valence-electron chi connectivity index (χ1n) is 8.70. The van der Waals surface area contributed by atoms with Crippen LogP contribution in [-0.2, 0) is 18.3 Å². The van der Waals surface area contributed by atoms with Crippen LogP contribution in [0.2, 0.25) is 0 Å². The van der Waals surface area contributed by atoms with Gasteiger partial charge in [-0.15, -0.1) is 11.8 Å². The summed E-state index contributed by atoms with van der Waals surface area (Å²) in [4.78, 5) is 30.3. The van der Waals surface area contributed by atoms with Crippen LogP contribution in [0.5, 0.6) is 0 Å². The molecule has 0 spiro atoms. The van der Waals surface area contributed by atoms with Crippen molar-refractivity contribution in [2.45, 2.75) is 28.6 Å². The quantitative estimate of drug-likeness (QED) is 0.537. The summed E-state index contributed by atoms with van der Waals surface area (Å²) in [6, 6.07) is 13.8. The molecule has 27 heavy (non-hydrogen) atoms. The lowest BCUT2D eigenvalue weighted by Gasteiger charge is -2.10. The Morgan fingerprint density at radius 2 is 2.07 bits per heavy atom. The normalized spacial score (nSPS) is 15.7. The molecule has 2 aromatic carbocycles. The van der Waals surface area contributed by atoms with Gasteiger partial charge < -0.3 is 5.32 Å². The Hall–Kier alpha value is -2.25. The van der Waals surface area contributed by atoms with Crippen LogP contribution in [0.1, 0.15) is 12.6 Å². The van der Waals surface area contributed by atoms with Gasteiger partial charge in [-0.25, -0.2) is 4.98 Å². The summed E-state index contributed by atoms with van der Waals surface area (Å²) in [6.45, 7) is 2.09. The minimum absolute atomic E-state index is 0.0219. The lowest BCUT2D eigenvalue weighted by molar-refractivity contribution is -0.113. The molecule has 138 valence electrons. The Labute approximate surface area is 165 Å². The number of benzene rings is 2. The van der Waals surface area contributed by atoms with Crippen LogP contribution < -0.4 is 10.9 Å². The Kier molecular flexibility index (Phi) is 4.97. The molecule has 0 fully saturated rings. The number of nitrogens with zero attached hydrogens (tertiary/aromatic N) is 2. The topological polar surface area (TPSA) is 64.0 Å². The molecule has 7 heteroatoms. The maximum atomic E-state index is 12.5. The van der Waals surface area contributed by atoms with Crippen LogP contribution in [0.4, 0.5) is 5.69 Å². The molecule has 1 aliphatic rings. The van der Waals surface area contributed by atoms with Crippen LogP contribution in [-0.4, -0.2) is 26.5 Å². The zero-order valence-corrected chi connectivity index (χ0v) is 16.7. The molecule has 1 aromatic heterocycles. The van der Waals surface area contributed by atoms with E-state index in [1.807, 2.05) is 42.5 Å². The van der Waals surface area contributed by atoms with Crippen LogP contribution in [0.3, 0.4) is 0 Å². The summed E-state index contributed by atoms with van der Waals surface area (Å²) >= 11 is 2.88. The molecule has 1 amide bonds. The summed E-state index contributed by atoms with van der Waals surface area (Å²) in [6.07, 6.45) is 0.797. The summed E-state index contributed by atoms with van der Waals surface area (Å²) in [5, 5.41) is 6.01. The number of anilines is 1. The first-order chi connectivity index (χ1) is 13.0. The van der Waals surface area contributed by atoms with Crippen molar-refractivity contribution in [3.05, 3.63) is 58.5 Å². The van der Waals surface area contributed by atoms with Crippen molar-refractivity contribution in [3.63, 3.8) is 0 Å². The van der Waals surface area contributed by atoms with Crippen LogP contribution in [0.25, 0.3) is 10.8 Å². The van der Waals surface area contributed by atoms with Crippen molar-refractivity contribution in [2.75, 3.05) is 11.1 Å². The van der Waals surface area contributed by atoms with Gasteiger partial charge in [0.25, 0.3) is 5.56 Å². The van der Waals surface area contributed by atoms with E-state index in [2.05, 4.69) is 17.2 Å². The van der Waals surface area contributed by atoms with Gasteiger partial charge in [0, 0.05) is 29.8 Å². The number of rotatable bonds is 4. The number of carbonyl (C=O) groups is 1. The van der Waals surface area contributed by atoms with Crippen LogP contribution >= 0.6 is 23.5 Å². The molecule has 0 saturated carbocycles. The summed E-state index contributed by atoms with van der Waals surface area (Å²) in [7, 11) is 1.71. The van der Waals surface area contributed by atoms with Gasteiger partial charge in [0.15, 0.2) is 5.16 Å². The van der Waals surface area contributed by atoms with E-state index in [0.29, 0.717) is 10.4 Å². The molecule has 1 N–H and O–H groups in total. The second kappa shape index (κ2) is 7.40. The van der Waals surface area contributed by atoms with E-state index in [1.54, 1.807) is 23.4 Å². The third-order valence-corrected chi connectivity index (χ3v) is 6.72. The van der Waals surface area contributed by atoms with Crippen LogP contribution in [0, 0.1) is 0 Å². The molecular weight excluding hydrogens is 378 g/mol. The molecule has 2 heterocycles. The first kappa shape index (κ1) is 18.1. The molecule has 1 unspecified atom stereocenters. The van der Waals surface area contributed by atoms with Gasteiger partial charge in [0.05, 0.1) is 16.3 Å². The minimum Gasteiger partial charge on any atom is -0.325 e. The van der Waals surface area contributed by atoms with Gasteiger partial charge in [0.1, 0.15) is 0 Å². The minimum atomic E-state index is -0.117. The molecule has 5 nitrogen and oxygen atoms in total. The average Bonchev–Trinajstić information content (AvgIpc) is 3.04. The highest BCUT2D eigenvalue weighted by Gasteiger charge is 2.25. The fourth-order valence-electron chi connectivity index (χ4n) is 3.16. The summed E-state index contributed by atoms with van der Waals surface area (Å²) in [5.74, 6) is 0.0826. The maximum absolute atomic E-state index is 12.5. The van der Waals surface area contributed by atoms with E-state index in [0.717, 1.165) is 33.5 Å². The predicted molar refractivity (Wildman–Crippen MR) is 112 cm³/mol. The van der Waals surface area contributed by atoms with E-state index in [9.17, 15) is 9.59 Å². The monoisotopic (exact) mass is 397 g/mol. The van der Waals surface area contributed by atoms with Crippen molar-refractivity contribution < 1.29 is 4.79 Å². The fraction of sp³-hybridized carbons (Fsp3) is 0.250. The van der Waals surface area contributed by atoms with Crippen LogP contribution in [0.15, 0.2) is 57.3 Å². The van der Waals surface area contributed by atoms with E-state index in [4.69, 9.17) is 0 Å². The highest BCUT2D eigenvalue weighted by molar-refractivity contribution is 8.00. The summed E-state index contributed by atoms with van der Waals surface area (Å²) in [5.41, 5.74) is 1.62. The van der Waals surface area contributed by atoms with Crippen molar-refractivity contribution in [1.82, 2.24) is 9.55 Å². The molecule has 0 aliphatic carbocycles. The zero-order valence-electron chi connectivity index (χ0n) is 15.1. The van der Waals surface area contributed by atoms with Crippen molar-refractivity contribution in [1.29, 1.82) is 0 Å². The SMILES string of the molecule is CC1Cc2nc(SCC(=O)Nc3cccc4ccccc34)n(C)c(=O)c2S1. The van der Waals surface area contributed by atoms with Gasteiger partial charge in [-0.2, -0.15) is 0 Å². The van der Waals surface area contributed by atoms with Gasteiger partial charge in [0.2, 0.25) is 5.91 Å². The van der Waals surface area contributed by atoms with Gasteiger partial charge in [-0.05, 0) is 11.5 Å². The van der Waals surface area contributed by atoms with E-state index in [-0.39, 0.29) is 17.2 Å². The lowest BCUT2D eigenvalue weighted by Crippen LogP contribution is -2.23. The third kappa shape index (κ3) is 3.61. The number of amides is 1. The second-order valence-electron chi connectivity index (χ2n) is 6.53. The van der Waals surface area contributed by atoms with E-state index in [1.165, 1.54) is 11.8 Å². The average molecular weight is 398 g/mol. The summed E-state index contributed by atoms with van der Waals surface area (Å²) < 4.78 is 1.54. The molecule has 0 bridgehead atoms. The molecule has 0 saturated heterocycles. The van der Waals surface area contributed by atoms with Crippen molar-refractivity contribution in [3.8, 4) is 0 Å². The molecule has 3 aromatic rings. The lowest BCUT2D eigenvalue weighted by atomic mass is 10.1. The third-order valence-electron chi connectivity index (χ3n) is 4.47. The largest absolute Gasteiger partial charge is 0.325 e.